The highest BCUT2D eigenvalue weighted by molar-refractivity contribution is 5.92. The van der Waals surface area contributed by atoms with Gasteiger partial charge in [-0.05, 0) is 36.2 Å². The molecule has 142 valence electrons. The highest BCUT2D eigenvalue weighted by atomic mass is 16.5. The molecule has 2 heterocycles. The smallest absolute Gasteiger partial charge is 0.273 e. The van der Waals surface area contributed by atoms with E-state index in [1.165, 1.54) is 0 Å². The number of nitrogens with one attached hydrogen (secondary N) is 2. The number of nitrogens with zero attached hydrogens (tertiary/aromatic N) is 1. The predicted molar refractivity (Wildman–Crippen MR) is 107 cm³/mol. The number of carbonyl (C=O) groups excluding carboxylic acids is 1. The first-order chi connectivity index (χ1) is 13.7. The van der Waals surface area contributed by atoms with Crippen LogP contribution < -0.4 is 10.1 Å². The van der Waals surface area contributed by atoms with E-state index in [0.29, 0.717) is 12.3 Å². The van der Waals surface area contributed by atoms with Crippen LogP contribution in [0.5, 0.6) is 5.75 Å². The van der Waals surface area contributed by atoms with Gasteiger partial charge in [-0.1, -0.05) is 35.5 Å². The average molecular weight is 375 g/mol. The van der Waals surface area contributed by atoms with E-state index in [9.17, 15) is 4.79 Å². The van der Waals surface area contributed by atoms with Gasteiger partial charge < -0.3 is 19.6 Å². The van der Waals surface area contributed by atoms with Gasteiger partial charge in [0.1, 0.15) is 11.5 Å². The molecule has 0 spiro atoms. The third-order valence-electron chi connectivity index (χ3n) is 4.84. The zero-order valence-corrected chi connectivity index (χ0v) is 15.7. The first-order valence-electron chi connectivity index (χ1n) is 9.07. The molecule has 1 atom stereocenters. The maximum atomic E-state index is 12.5. The van der Waals surface area contributed by atoms with Gasteiger partial charge in [0.15, 0.2) is 5.69 Å². The van der Waals surface area contributed by atoms with Crippen LogP contribution in [0.25, 0.3) is 10.9 Å². The fourth-order valence-electron chi connectivity index (χ4n) is 3.38. The Morgan fingerprint density at radius 3 is 2.71 bits per heavy atom. The molecule has 0 bridgehead atoms. The van der Waals surface area contributed by atoms with Gasteiger partial charge in [-0.2, -0.15) is 0 Å². The summed E-state index contributed by atoms with van der Waals surface area (Å²) in [5, 5.41) is 7.91. The van der Waals surface area contributed by atoms with Gasteiger partial charge in [0, 0.05) is 35.6 Å². The number of H-pyrrole nitrogens is 1. The van der Waals surface area contributed by atoms with Crippen LogP contribution in [0.1, 0.15) is 33.3 Å². The Hall–Kier alpha value is -3.54. The quantitative estimate of drug-likeness (QED) is 0.533. The molecule has 2 aromatic carbocycles. The number of aromatic amines is 1. The summed E-state index contributed by atoms with van der Waals surface area (Å²) < 4.78 is 10.3. The Balaban J connectivity index is 1.65. The van der Waals surface area contributed by atoms with Gasteiger partial charge in [-0.3, -0.25) is 4.79 Å². The Morgan fingerprint density at radius 2 is 2.00 bits per heavy atom. The molecule has 4 rings (SSSR count). The summed E-state index contributed by atoms with van der Waals surface area (Å²) in [6.07, 6.45) is 2.01. The molecule has 1 unspecified atom stereocenters. The van der Waals surface area contributed by atoms with Crippen molar-refractivity contribution >= 4 is 16.8 Å². The number of hydrogen-bond acceptors (Lipinski definition) is 4. The fraction of sp³-hybridized carbons (Fsp3) is 0.182. The van der Waals surface area contributed by atoms with Crippen LogP contribution >= 0.6 is 0 Å². The molecule has 0 saturated carbocycles. The zero-order valence-electron chi connectivity index (χ0n) is 15.7. The second-order valence-electron chi connectivity index (χ2n) is 6.65. The van der Waals surface area contributed by atoms with Crippen molar-refractivity contribution in [2.45, 2.75) is 12.8 Å². The van der Waals surface area contributed by atoms with E-state index in [1.807, 2.05) is 48.7 Å². The summed E-state index contributed by atoms with van der Waals surface area (Å²) in [6.45, 7) is 2.19. The van der Waals surface area contributed by atoms with Crippen LogP contribution in [-0.4, -0.2) is 29.7 Å². The summed E-state index contributed by atoms with van der Waals surface area (Å²) in [5.74, 6) is 1.12. The number of aromatic nitrogens is 2. The molecular weight excluding hydrogens is 354 g/mol. The minimum atomic E-state index is -0.254. The molecule has 0 aliphatic carbocycles. The van der Waals surface area contributed by atoms with Gasteiger partial charge in [-0.25, -0.2) is 0 Å². The summed E-state index contributed by atoms with van der Waals surface area (Å²) in [5.41, 5.74) is 3.55. The van der Waals surface area contributed by atoms with Crippen LogP contribution in [0.15, 0.2) is 65.3 Å². The Bertz CT molecular complexity index is 1100. The van der Waals surface area contributed by atoms with Gasteiger partial charge in [0.25, 0.3) is 5.91 Å². The highest BCUT2D eigenvalue weighted by Gasteiger charge is 2.20. The van der Waals surface area contributed by atoms with Crippen molar-refractivity contribution in [3.63, 3.8) is 0 Å². The van der Waals surface area contributed by atoms with E-state index in [1.54, 1.807) is 20.1 Å². The molecule has 0 aliphatic rings. The van der Waals surface area contributed by atoms with Crippen molar-refractivity contribution < 1.29 is 14.1 Å². The third-order valence-corrected chi connectivity index (χ3v) is 4.84. The zero-order chi connectivity index (χ0) is 19.5. The predicted octanol–water partition coefficient (Wildman–Crippen LogP) is 4.03. The molecule has 1 amide bonds. The maximum Gasteiger partial charge on any atom is 0.273 e. The van der Waals surface area contributed by atoms with E-state index in [0.717, 1.165) is 27.8 Å². The fourth-order valence-corrected chi connectivity index (χ4v) is 3.38. The topological polar surface area (TPSA) is 80.2 Å². The molecule has 28 heavy (non-hydrogen) atoms. The van der Waals surface area contributed by atoms with Crippen molar-refractivity contribution in [1.29, 1.82) is 0 Å². The largest absolute Gasteiger partial charge is 0.497 e. The average Bonchev–Trinajstić information content (AvgIpc) is 3.35. The van der Waals surface area contributed by atoms with Crippen molar-refractivity contribution in [3.8, 4) is 5.75 Å². The van der Waals surface area contributed by atoms with Crippen LogP contribution in [0.4, 0.5) is 0 Å². The first-order valence-corrected chi connectivity index (χ1v) is 9.07. The van der Waals surface area contributed by atoms with Crippen molar-refractivity contribution in [2.75, 3.05) is 13.7 Å². The molecule has 2 N–H and O–H groups in total. The standard InChI is InChI=1S/C22H21N3O3/c1-14-11-21(25-28-14)22(26)24-12-18(15-7-9-16(27-2)10-8-15)19-13-23-20-6-4-3-5-17(19)20/h3-11,13,18,23H,12H2,1-2H3,(H,24,26). The highest BCUT2D eigenvalue weighted by Crippen LogP contribution is 2.31. The van der Waals surface area contributed by atoms with E-state index in [4.69, 9.17) is 9.26 Å². The van der Waals surface area contributed by atoms with Gasteiger partial charge >= 0.3 is 0 Å². The molecule has 0 fully saturated rings. The van der Waals surface area contributed by atoms with Crippen LogP contribution in [0, 0.1) is 6.92 Å². The molecule has 6 nitrogen and oxygen atoms in total. The molecule has 0 radical (unpaired) electrons. The van der Waals surface area contributed by atoms with Crippen molar-refractivity contribution in [2.24, 2.45) is 0 Å². The molecule has 2 aromatic heterocycles. The van der Waals surface area contributed by atoms with E-state index < -0.39 is 0 Å². The molecular formula is C22H21N3O3. The van der Waals surface area contributed by atoms with Crippen molar-refractivity contribution in [3.05, 3.63) is 83.4 Å². The maximum absolute atomic E-state index is 12.5. The van der Waals surface area contributed by atoms with Gasteiger partial charge in [0.05, 0.1) is 7.11 Å². The minimum absolute atomic E-state index is 0.0287. The summed E-state index contributed by atoms with van der Waals surface area (Å²) in [7, 11) is 1.65. The number of fused-ring (bicyclic) bond motifs is 1. The normalized spacial score (nSPS) is 12.1. The van der Waals surface area contributed by atoms with E-state index >= 15 is 0 Å². The van der Waals surface area contributed by atoms with Crippen molar-refractivity contribution in [1.82, 2.24) is 15.5 Å². The lowest BCUT2D eigenvalue weighted by atomic mass is 9.90. The second kappa shape index (κ2) is 7.60. The number of benzene rings is 2. The number of methoxy groups -OCH3 is 1. The summed E-state index contributed by atoms with van der Waals surface area (Å²) in [6, 6.07) is 17.7. The number of rotatable bonds is 6. The lowest BCUT2D eigenvalue weighted by molar-refractivity contribution is 0.0943. The monoisotopic (exact) mass is 375 g/mol. The third kappa shape index (κ3) is 3.49. The van der Waals surface area contributed by atoms with Gasteiger partial charge in [-0.15, -0.1) is 0 Å². The minimum Gasteiger partial charge on any atom is -0.497 e. The lowest BCUT2D eigenvalue weighted by Gasteiger charge is -2.18. The molecule has 0 saturated heterocycles. The van der Waals surface area contributed by atoms with Crippen LogP contribution in [0.3, 0.4) is 0 Å². The number of ether oxygens (including phenoxy) is 1. The number of amides is 1. The number of carbonyl (C=O) groups is 1. The molecule has 0 aliphatic heterocycles. The van der Waals surface area contributed by atoms with Crippen LogP contribution in [0.2, 0.25) is 0 Å². The Morgan fingerprint density at radius 1 is 1.21 bits per heavy atom. The number of hydrogen-bond donors (Lipinski definition) is 2. The summed E-state index contributed by atoms with van der Waals surface area (Å²) in [4.78, 5) is 15.8. The lowest BCUT2D eigenvalue weighted by Crippen LogP contribution is -2.29. The first kappa shape index (κ1) is 17.9. The van der Waals surface area contributed by atoms with E-state index in [-0.39, 0.29) is 17.5 Å². The Labute approximate surface area is 162 Å². The summed E-state index contributed by atoms with van der Waals surface area (Å²) >= 11 is 0. The SMILES string of the molecule is COc1ccc(C(CNC(=O)c2cc(C)on2)c2c[nH]c3ccccc23)cc1. The van der Waals surface area contributed by atoms with Crippen LogP contribution in [-0.2, 0) is 0 Å². The number of aryl methyl sites for hydroxylation is 1. The number of para-hydroxylation sites is 1. The van der Waals surface area contributed by atoms with Gasteiger partial charge in [0.2, 0.25) is 0 Å². The molecule has 4 aromatic rings. The second-order valence-corrected chi connectivity index (χ2v) is 6.65. The Kier molecular flexibility index (Phi) is 4.85. The van der Waals surface area contributed by atoms with E-state index in [2.05, 4.69) is 21.5 Å². The molecule has 6 heteroatoms.